The van der Waals surface area contributed by atoms with Crippen molar-refractivity contribution in [1.29, 1.82) is 0 Å². The Morgan fingerprint density at radius 2 is 2.00 bits per heavy atom. The van der Waals surface area contributed by atoms with Crippen LogP contribution in [-0.2, 0) is 6.54 Å². The zero-order chi connectivity index (χ0) is 13.2. The standard InChI is InChI=1S/C15H22N2O/c1-15(2,8-9-16)17(3)10-12-11-18-14-7-5-4-6-13(12)14/h4-7,11H,8-10,16H2,1-3H3. The van der Waals surface area contributed by atoms with E-state index < -0.39 is 0 Å². The second-order valence-corrected chi connectivity index (χ2v) is 5.46. The highest BCUT2D eigenvalue weighted by atomic mass is 16.3. The molecule has 0 atom stereocenters. The summed E-state index contributed by atoms with van der Waals surface area (Å²) in [5, 5.41) is 1.20. The Balaban J connectivity index is 2.19. The molecule has 1 aromatic heterocycles. The van der Waals surface area contributed by atoms with Crippen molar-refractivity contribution in [2.45, 2.75) is 32.4 Å². The van der Waals surface area contributed by atoms with Crippen LogP contribution in [-0.4, -0.2) is 24.0 Å². The van der Waals surface area contributed by atoms with E-state index in [1.165, 1.54) is 10.9 Å². The molecule has 2 N–H and O–H groups in total. The molecular weight excluding hydrogens is 224 g/mol. The maximum Gasteiger partial charge on any atom is 0.134 e. The van der Waals surface area contributed by atoms with E-state index in [1.807, 2.05) is 24.5 Å². The first kappa shape index (κ1) is 13.1. The number of rotatable bonds is 5. The van der Waals surface area contributed by atoms with Crippen molar-refractivity contribution in [3.63, 3.8) is 0 Å². The van der Waals surface area contributed by atoms with Crippen molar-refractivity contribution in [3.05, 3.63) is 36.1 Å². The molecule has 2 aromatic rings. The first-order valence-corrected chi connectivity index (χ1v) is 6.41. The molecule has 3 heteroatoms. The fraction of sp³-hybridized carbons (Fsp3) is 0.467. The summed E-state index contributed by atoms with van der Waals surface area (Å²) in [6.07, 6.45) is 2.85. The molecule has 0 saturated heterocycles. The molecule has 0 unspecified atom stereocenters. The molecule has 18 heavy (non-hydrogen) atoms. The highest BCUT2D eigenvalue weighted by molar-refractivity contribution is 5.80. The minimum Gasteiger partial charge on any atom is -0.464 e. The Bertz CT molecular complexity index is 516. The zero-order valence-electron chi connectivity index (χ0n) is 11.4. The van der Waals surface area contributed by atoms with Gasteiger partial charge in [-0.3, -0.25) is 4.90 Å². The van der Waals surface area contributed by atoms with Gasteiger partial charge in [0.2, 0.25) is 0 Å². The van der Waals surface area contributed by atoms with E-state index in [1.54, 1.807) is 0 Å². The molecule has 3 nitrogen and oxygen atoms in total. The summed E-state index contributed by atoms with van der Waals surface area (Å²) in [6.45, 7) is 6.04. The molecular formula is C15H22N2O. The predicted molar refractivity (Wildman–Crippen MR) is 75.4 cm³/mol. The fourth-order valence-electron chi connectivity index (χ4n) is 2.17. The van der Waals surface area contributed by atoms with E-state index in [0.29, 0.717) is 6.54 Å². The Morgan fingerprint density at radius 3 is 2.72 bits per heavy atom. The van der Waals surface area contributed by atoms with Gasteiger partial charge in [0.1, 0.15) is 5.58 Å². The van der Waals surface area contributed by atoms with Gasteiger partial charge in [0.25, 0.3) is 0 Å². The lowest BCUT2D eigenvalue weighted by atomic mass is 9.98. The quantitative estimate of drug-likeness (QED) is 0.882. The fourth-order valence-corrected chi connectivity index (χ4v) is 2.17. The van der Waals surface area contributed by atoms with Gasteiger partial charge in [0.15, 0.2) is 0 Å². The van der Waals surface area contributed by atoms with E-state index in [2.05, 4.69) is 31.9 Å². The van der Waals surface area contributed by atoms with Crippen LogP contribution in [0, 0.1) is 0 Å². The predicted octanol–water partition coefficient (Wildman–Crippen LogP) is 2.99. The Hall–Kier alpha value is -1.32. The minimum absolute atomic E-state index is 0.104. The first-order chi connectivity index (χ1) is 8.54. The van der Waals surface area contributed by atoms with Gasteiger partial charge in [-0.1, -0.05) is 18.2 Å². The van der Waals surface area contributed by atoms with Crippen molar-refractivity contribution in [2.24, 2.45) is 5.73 Å². The van der Waals surface area contributed by atoms with E-state index in [9.17, 15) is 0 Å². The lowest BCUT2D eigenvalue weighted by Crippen LogP contribution is -2.42. The normalized spacial score (nSPS) is 12.5. The summed E-state index contributed by atoms with van der Waals surface area (Å²) in [5.41, 5.74) is 7.97. The Labute approximate surface area is 109 Å². The van der Waals surface area contributed by atoms with Gasteiger partial charge in [0, 0.05) is 23.0 Å². The van der Waals surface area contributed by atoms with E-state index in [4.69, 9.17) is 10.2 Å². The monoisotopic (exact) mass is 246 g/mol. The molecule has 0 radical (unpaired) electrons. The second kappa shape index (κ2) is 5.12. The lowest BCUT2D eigenvalue weighted by molar-refractivity contribution is 0.140. The summed E-state index contributed by atoms with van der Waals surface area (Å²) in [7, 11) is 2.14. The van der Waals surface area contributed by atoms with Crippen LogP contribution in [0.15, 0.2) is 34.9 Å². The van der Waals surface area contributed by atoms with Gasteiger partial charge in [0.05, 0.1) is 6.26 Å². The van der Waals surface area contributed by atoms with Crippen molar-refractivity contribution in [3.8, 4) is 0 Å². The summed E-state index contributed by atoms with van der Waals surface area (Å²) in [4.78, 5) is 2.33. The Kier molecular flexibility index (Phi) is 3.73. The second-order valence-electron chi connectivity index (χ2n) is 5.46. The maximum atomic E-state index is 5.67. The topological polar surface area (TPSA) is 42.4 Å². The molecule has 0 saturated carbocycles. The summed E-state index contributed by atoms with van der Waals surface area (Å²) < 4.78 is 5.57. The molecule has 0 fully saturated rings. The largest absolute Gasteiger partial charge is 0.464 e. The number of hydrogen-bond acceptors (Lipinski definition) is 3. The highest BCUT2D eigenvalue weighted by Crippen LogP contribution is 2.25. The van der Waals surface area contributed by atoms with Crippen molar-refractivity contribution >= 4 is 11.0 Å². The lowest BCUT2D eigenvalue weighted by Gasteiger charge is -2.35. The molecule has 1 aromatic carbocycles. The number of hydrogen-bond donors (Lipinski definition) is 1. The van der Waals surface area contributed by atoms with Gasteiger partial charge in [-0.25, -0.2) is 0 Å². The molecule has 0 aliphatic heterocycles. The van der Waals surface area contributed by atoms with Crippen LogP contribution in [0.3, 0.4) is 0 Å². The molecule has 0 spiro atoms. The van der Waals surface area contributed by atoms with Crippen molar-refractivity contribution < 1.29 is 4.42 Å². The van der Waals surface area contributed by atoms with Gasteiger partial charge < -0.3 is 10.2 Å². The molecule has 1 heterocycles. The molecule has 98 valence electrons. The molecule has 0 bridgehead atoms. The number of para-hydroxylation sites is 1. The average Bonchev–Trinajstić information content (AvgIpc) is 2.73. The van der Waals surface area contributed by atoms with Crippen LogP contribution >= 0.6 is 0 Å². The third-order valence-electron chi connectivity index (χ3n) is 3.76. The van der Waals surface area contributed by atoms with E-state index >= 15 is 0 Å². The van der Waals surface area contributed by atoms with Crippen LogP contribution in [0.2, 0.25) is 0 Å². The van der Waals surface area contributed by atoms with Crippen LogP contribution in [0.1, 0.15) is 25.8 Å². The molecule has 0 aliphatic rings. The summed E-state index contributed by atoms with van der Waals surface area (Å²) in [6, 6.07) is 8.16. The molecule has 2 rings (SSSR count). The SMILES string of the molecule is CN(Cc1coc2ccccc12)C(C)(C)CCN. The molecule has 0 amide bonds. The van der Waals surface area contributed by atoms with Crippen molar-refractivity contribution in [1.82, 2.24) is 4.90 Å². The summed E-state index contributed by atoms with van der Waals surface area (Å²) >= 11 is 0. The smallest absolute Gasteiger partial charge is 0.134 e. The maximum absolute atomic E-state index is 5.67. The van der Waals surface area contributed by atoms with Gasteiger partial charge in [-0.2, -0.15) is 0 Å². The third-order valence-corrected chi connectivity index (χ3v) is 3.76. The van der Waals surface area contributed by atoms with Crippen LogP contribution in [0.25, 0.3) is 11.0 Å². The highest BCUT2D eigenvalue weighted by Gasteiger charge is 2.23. The minimum atomic E-state index is 0.104. The number of nitrogens with zero attached hydrogens (tertiary/aromatic N) is 1. The first-order valence-electron chi connectivity index (χ1n) is 6.41. The van der Waals surface area contributed by atoms with Gasteiger partial charge >= 0.3 is 0 Å². The number of nitrogens with two attached hydrogens (primary N) is 1. The molecule has 0 aliphatic carbocycles. The zero-order valence-corrected chi connectivity index (χ0v) is 11.4. The van der Waals surface area contributed by atoms with Crippen LogP contribution in [0.4, 0.5) is 0 Å². The Morgan fingerprint density at radius 1 is 1.28 bits per heavy atom. The number of benzene rings is 1. The van der Waals surface area contributed by atoms with Gasteiger partial charge in [-0.05, 0) is 39.9 Å². The van der Waals surface area contributed by atoms with Crippen LogP contribution in [0.5, 0.6) is 0 Å². The van der Waals surface area contributed by atoms with Gasteiger partial charge in [-0.15, -0.1) is 0 Å². The van der Waals surface area contributed by atoms with Crippen LogP contribution < -0.4 is 5.73 Å². The van der Waals surface area contributed by atoms with E-state index in [0.717, 1.165) is 18.5 Å². The average molecular weight is 246 g/mol. The number of furan rings is 1. The summed E-state index contributed by atoms with van der Waals surface area (Å²) in [5.74, 6) is 0. The van der Waals surface area contributed by atoms with Crippen molar-refractivity contribution in [2.75, 3.05) is 13.6 Å². The number of fused-ring (bicyclic) bond motifs is 1. The third kappa shape index (κ3) is 2.57. The van der Waals surface area contributed by atoms with E-state index in [-0.39, 0.29) is 5.54 Å².